The molecule has 0 aliphatic heterocycles. The first kappa shape index (κ1) is 15.7. The van der Waals surface area contributed by atoms with Gasteiger partial charge in [0.2, 0.25) is 5.91 Å². The Labute approximate surface area is 141 Å². The van der Waals surface area contributed by atoms with E-state index >= 15 is 0 Å². The number of carbonyl (C=O) groups excluding carboxylic acids is 1. The molecule has 2 aromatic carbocycles. The van der Waals surface area contributed by atoms with Crippen molar-refractivity contribution < 1.29 is 4.79 Å². The van der Waals surface area contributed by atoms with Crippen LogP contribution in [-0.2, 0) is 17.8 Å². The molecule has 0 bridgehead atoms. The molecule has 0 fully saturated rings. The third kappa shape index (κ3) is 4.68. The Morgan fingerprint density at radius 2 is 1.46 bits per heavy atom. The first-order valence-electron chi connectivity index (χ1n) is 7.86. The highest BCUT2D eigenvalue weighted by Crippen LogP contribution is 2.15. The number of hydrogen-bond acceptors (Lipinski definition) is 3. The van der Waals surface area contributed by atoms with Crippen LogP contribution in [-0.4, -0.2) is 10.9 Å². The Morgan fingerprint density at radius 3 is 2.17 bits per heavy atom. The van der Waals surface area contributed by atoms with Crippen molar-refractivity contribution in [2.45, 2.75) is 13.0 Å². The number of nitrogens with one attached hydrogen (secondary N) is 2. The number of pyridine rings is 1. The zero-order valence-corrected chi connectivity index (χ0v) is 13.3. The fraction of sp³-hybridized carbons (Fsp3) is 0.100. The van der Waals surface area contributed by atoms with Crippen LogP contribution >= 0.6 is 0 Å². The van der Waals surface area contributed by atoms with E-state index in [0.717, 1.165) is 23.5 Å². The van der Waals surface area contributed by atoms with Gasteiger partial charge in [-0.1, -0.05) is 30.3 Å². The van der Waals surface area contributed by atoms with Gasteiger partial charge in [-0.2, -0.15) is 0 Å². The average molecular weight is 317 g/mol. The van der Waals surface area contributed by atoms with Crippen molar-refractivity contribution >= 4 is 17.3 Å². The minimum Gasteiger partial charge on any atom is -0.381 e. The van der Waals surface area contributed by atoms with Crippen molar-refractivity contribution in [3.05, 3.63) is 90.3 Å². The topological polar surface area (TPSA) is 54.0 Å². The highest BCUT2D eigenvalue weighted by molar-refractivity contribution is 5.92. The Kier molecular flexibility index (Phi) is 5.20. The van der Waals surface area contributed by atoms with Crippen LogP contribution in [0.1, 0.15) is 11.1 Å². The van der Waals surface area contributed by atoms with Crippen molar-refractivity contribution in [3.8, 4) is 0 Å². The number of amides is 1. The largest absolute Gasteiger partial charge is 0.381 e. The predicted molar refractivity (Wildman–Crippen MR) is 96.8 cm³/mol. The first-order valence-corrected chi connectivity index (χ1v) is 7.86. The van der Waals surface area contributed by atoms with Gasteiger partial charge < -0.3 is 10.6 Å². The molecule has 4 heteroatoms. The summed E-state index contributed by atoms with van der Waals surface area (Å²) in [4.78, 5) is 16.0. The second-order valence-electron chi connectivity index (χ2n) is 5.50. The van der Waals surface area contributed by atoms with Crippen molar-refractivity contribution in [1.82, 2.24) is 4.98 Å². The van der Waals surface area contributed by atoms with Gasteiger partial charge in [0, 0.05) is 30.3 Å². The molecule has 0 aliphatic carbocycles. The molecule has 1 heterocycles. The van der Waals surface area contributed by atoms with Crippen molar-refractivity contribution in [2.24, 2.45) is 0 Å². The molecule has 3 aromatic rings. The molecule has 0 radical (unpaired) electrons. The van der Waals surface area contributed by atoms with Gasteiger partial charge in [-0.05, 0) is 47.5 Å². The standard InChI is InChI=1S/C20H19N3O/c24-20(14-16-10-12-21-13-11-16)23-19-8-6-18(7-9-19)22-15-17-4-2-1-3-5-17/h1-13,22H,14-15H2,(H,23,24). The Hall–Kier alpha value is -3.14. The summed E-state index contributed by atoms with van der Waals surface area (Å²) in [5.74, 6) is -0.0359. The van der Waals surface area contributed by atoms with Gasteiger partial charge in [0.1, 0.15) is 0 Å². The van der Waals surface area contributed by atoms with E-state index in [1.54, 1.807) is 12.4 Å². The van der Waals surface area contributed by atoms with Gasteiger partial charge in [0.05, 0.1) is 6.42 Å². The van der Waals surface area contributed by atoms with E-state index in [-0.39, 0.29) is 5.91 Å². The quantitative estimate of drug-likeness (QED) is 0.725. The number of anilines is 2. The van der Waals surface area contributed by atoms with Crippen molar-refractivity contribution in [1.29, 1.82) is 0 Å². The van der Waals surface area contributed by atoms with Crippen molar-refractivity contribution in [3.63, 3.8) is 0 Å². The number of aromatic nitrogens is 1. The highest BCUT2D eigenvalue weighted by atomic mass is 16.1. The van der Waals surface area contributed by atoms with Crippen LogP contribution < -0.4 is 10.6 Å². The lowest BCUT2D eigenvalue weighted by molar-refractivity contribution is -0.115. The lowest BCUT2D eigenvalue weighted by Gasteiger charge is -2.09. The summed E-state index contributed by atoms with van der Waals surface area (Å²) in [7, 11) is 0. The van der Waals surface area contributed by atoms with E-state index in [9.17, 15) is 4.79 Å². The normalized spacial score (nSPS) is 10.2. The minimum atomic E-state index is -0.0359. The predicted octanol–water partition coefficient (Wildman–Crippen LogP) is 3.87. The fourth-order valence-electron chi connectivity index (χ4n) is 2.36. The Bertz CT molecular complexity index is 771. The van der Waals surface area contributed by atoms with Crippen LogP contribution in [0.25, 0.3) is 0 Å². The number of carbonyl (C=O) groups is 1. The Balaban J connectivity index is 1.51. The molecule has 1 aromatic heterocycles. The van der Waals surface area contributed by atoms with Gasteiger partial charge in [-0.25, -0.2) is 0 Å². The molecule has 0 unspecified atom stereocenters. The highest BCUT2D eigenvalue weighted by Gasteiger charge is 2.04. The third-order valence-electron chi connectivity index (χ3n) is 3.62. The monoisotopic (exact) mass is 317 g/mol. The summed E-state index contributed by atoms with van der Waals surface area (Å²) in [5, 5.41) is 6.27. The van der Waals surface area contributed by atoms with E-state index in [2.05, 4.69) is 27.8 Å². The summed E-state index contributed by atoms with van der Waals surface area (Å²) in [6.07, 6.45) is 3.72. The molecule has 0 saturated heterocycles. The molecule has 120 valence electrons. The maximum Gasteiger partial charge on any atom is 0.228 e. The number of hydrogen-bond donors (Lipinski definition) is 2. The van der Waals surface area contributed by atoms with Crippen LogP contribution in [0.5, 0.6) is 0 Å². The van der Waals surface area contributed by atoms with Gasteiger partial charge in [-0.15, -0.1) is 0 Å². The fourth-order valence-corrected chi connectivity index (χ4v) is 2.36. The lowest BCUT2D eigenvalue weighted by atomic mass is 10.2. The van der Waals surface area contributed by atoms with Crippen LogP contribution in [0.15, 0.2) is 79.1 Å². The summed E-state index contributed by atoms with van der Waals surface area (Å²) < 4.78 is 0. The van der Waals surface area contributed by atoms with E-state index in [0.29, 0.717) is 6.42 Å². The smallest absolute Gasteiger partial charge is 0.228 e. The zero-order chi connectivity index (χ0) is 16.6. The van der Waals surface area contributed by atoms with E-state index in [1.807, 2.05) is 54.6 Å². The van der Waals surface area contributed by atoms with Gasteiger partial charge >= 0.3 is 0 Å². The van der Waals surface area contributed by atoms with Crippen molar-refractivity contribution in [2.75, 3.05) is 10.6 Å². The summed E-state index contributed by atoms with van der Waals surface area (Å²) >= 11 is 0. The SMILES string of the molecule is O=C(Cc1ccncc1)Nc1ccc(NCc2ccccc2)cc1. The maximum absolute atomic E-state index is 12.0. The molecule has 24 heavy (non-hydrogen) atoms. The van der Waals surface area contributed by atoms with Gasteiger partial charge in [-0.3, -0.25) is 9.78 Å². The molecule has 0 atom stereocenters. The third-order valence-corrected chi connectivity index (χ3v) is 3.62. The van der Waals surface area contributed by atoms with E-state index in [4.69, 9.17) is 0 Å². The lowest BCUT2D eigenvalue weighted by Crippen LogP contribution is -2.14. The van der Waals surface area contributed by atoms with E-state index in [1.165, 1.54) is 5.56 Å². The summed E-state index contributed by atoms with van der Waals surface area (Å²) in [6, 6.07) is 21.6. The molecule has 1 amide bonds. The molecular formula is C20H19N3O. The van der Waals surface area contributed by atoms with Crippen LogP contribution in [0.4, 0.5) is 11.4 Å². The van der Waals surface area contributed by atoms with Gasteiger partial charge in [0.25, 0.3) is 0 Å². The zero-order valence-electron chi connectivity index (χ0n) is 13.3. The number of benzene rings is 2. The second-order valence-corrected chi connectivity index (χ2v) is 5.50. The molecule has 3 rings (SSSR count). The number of nitrogens with zero attached hydrogens (tertiary/aromatic N) is 1. The molecule has 4 nitrogen and oxygen atoms in total. The average Bonchev–Trinajstić information content (AvgIpc) is 2.63. The van der Waals surface area contributed by atoms with Crippen LogP contribution in [0, 0.1) is 0 Å². The van der Waals surface area contributed by atoms with Crippen LogP contribution in [0.3, 0.4) is 0 Å². The molecule has 0 spiro atoms. The molecule has 0 saturated carbocycles. The van der Waals surface area contributed by atoms with Crippen LogP contribution in [0.2, 0.25) is 0 Å². The number of rotatable bonds is 6. The molecule has 0 aliphatic rings. The summed E-state index contributed by atoms with van der Waals surface area (Å²) in [5.41, 5.74) is 3.99. The summed E-state index contributed by atoms with van der Waals surface area (Å²) in [6.45, 7) is 0.772. The Morgan fingerprint density at radius 1 is 0.792 bits per heavy atom. The molecular weight excluding hydrogens is 298 g/mol. The minimum absolute atomic E-state index is 0.0359. The van der Waals surface area contributed by atoms with E-state index < -0.39 is 0 Å². The second kappa shape index (κ2) is 7.92. The van der Waals surface area contributed by atoms with Gasteiger partial charge in [0.15, 0.2) is 0 Å². The first-order chi connectivity index (χ1) is 11.8. The maximum atomic E-state index is 12.0. The molecule has 2 N–H and O–H groups in total.